The van der Waals surface area contributed by atoms with Crippen LogP contribution in [-0.4, -0.2) is 67.6 Å². The molecule has 2 N–H and O–H groups in total. The second-order valence-corrected chi connectivity index (χ2v) is 6.74. The summed E-state index contributed by atoms with van der Waals surface area (Å²) in [5, 5.41) is 9.40. The van der Waals surface area contributed by atoms with Gasteiger partial charge in [0.05, 0.1) is 17.6 Å². The van der Waals surface area contributed by atoms with Crippen molar-refractivity contribution in [1.29, 1.82) is 0 Å². The highest BCUT2D eigenvalue weighted by atomic mass is 16.6. The minimum atomic E-state index is -0.186. The number of hydrogen-bond acceptors (Lipinski definition) is 7. The monoisotopic (exact) mass is 371 g/mol. The van der Waals surface area contributed by atoms with E-state index in [0.717, 1.165) is 68.6 Å². The van der Waals surface area contributed by atoms with E-state index in [1.165, 1.54) is 6.07 Å². The smallest absolute Gasteiger partial charge is 0.266 e. The lowest BCUT2D eigenvalue weighted by Gasteiger charge is -2.37. The maximum atomic E-state index is 11.2. The van der Waals surface area contributed by atoms with Gasteiger partial charge in [0.2, 0.25) is 0 Å². The fraction of sp³-hybridized carbons (Fsp3) is 0.474. The van der Waals surface area contributed by atoms with Crippen LogP contribution in [0, 0.1) is 0 Å². The van der Waals surface area contributed by atoms with Crippen molar-refractivity contribution in [2.45, 2.75) is 6.42 Å². The van der Waals surface area contributed by atoms with Crippen LogP contribution in [0.3, 0.4) is 0 Å². The highest BCUT2D eigenvalue weighted by molar-refractivity contribution is 5.65. The first-order chi connectivity index (χ1) is 13.3. The number of hydrogen-bond donors (Lipinski definition) is 2. The molecular formula is C19H25N5O3. The second kappa shape index (κ2) is 8.30. The molecule has 0 bridgehead atoms. The van der Waals surface area contributed by atoms with E-state index in [9.17, 15) is 4.79 Å². The van der Waals surface area contributed by atoms with E-state index >= 15 is 0 Å². The van der Waals surface area contributed by atoms with Gasteiger partial charge in [0.15, 0.2) is 11.5 Å². The first-order valence-electron chi connectivity index (χ1n) is 9.44. The van der Waals surface area contributed by atoms with Gasteiger partial charge >= 0.3 is 0 Å². The van der Waals surface area contributed by atoms with Crippen molar-refractivity contribution in [2.24, 2.45) is 0 Å². The number of rotatable bonds is 6. The highest BCUT2D eigenvalue weighted by Crippen LogP contribution is 2.39. The van der Waals surface area contributed by atoms with Gasteiger partial charge in [-0.3, -0.25) is 9.69 Å². The van der Waals surface area contributed by atoms with Crippen molar-refractivity contribution in [2.75, 3.05) is 62.7 Å². The van der Waals surface area contributed by atoms with Gasteiger partial charge in [0, 0.05) is 38.8 Å². The second-order valence-electron chi connectivity index (χ2n) is 6.74. The average molecular weight is 371 g/mol. The SMILES string of the molecule is O=c1cc(NCCCN2CCN(c3cccc4c3OCCO4)CC2)cn[nH]1. The van der Waals surface area contributed by atoms with Crippen molar-refractivity contribution < 1.29 is 9.47 Å². The summed E-state index contributed by atoms with van der Waals surface area (Å²) in [5.74, 6) is 1.73. The summed E-state index contributed by atoms with van der Waals surface area (Å²) in [6, 6.07) is 7.64. The summed E-state index contributed by atoms with van der Waals surface area (Å²) < 4.78 is 11.5. The van der Waals surface area contributed by atoms with Crippen LogP contribution in [0.5, 0.6) is 11.5 Å². The Hall–Kier alpha value is -2.74. The number of aromatic amines is 1. The third-order valence-corrected chi connectivity index (χ3v) is 4.90. The third-order valence-electron chi connectivity index (χ3n) is 4.90. The zero-order valence-electron chi connectivity index (χ0n) is 15.3. The predicted molar refractivity (Wildman–Crippen MR) is 104 cm³/mol. The van der Waals surface area contributed by atoms with E-state index in [1.54, 1.807) is 6.20 Å². The van der Waals surface area contributed by atoms with Crippen molar-refractivity contribution in [1.82, 2.24) is 15.1 Å². The number of nitrogens with one attached hydrogen (secondary N) is 2. The quantitative estimate of drug-likeness (QED) is 0.738. The van der Waals surface area contributed by atoms with Crippen LogP contribution < -0.4 is 25.2 Å². The summed E-state index contributed by atoms with van der Waals surface area (Å²) >= 11 is 0. The molecule has 2 aliphatic rings. The van der Waals surface area contributed by atoms with Crippen molar-refractivity contribution in [3.8, 4) is 11.5 Å². The minimum absolute atomic E-state index is 0.186. The number of H-pyrrole nitrogens is 1. The van der Waals surface area contributed by atoms with Crippen LogP contribution in [0.15, 0.2) is 35.3 Å². The third kappa shape index (κ3) is 4.33. The number of aromatic nitrogens is 2. The molecule has 4 rings (SSSR count). The normalized spacial score (nSPS) is 17.0. The summed E-state index contributed by atoms with van der Waals surface area (Å²) in [4.78, 5) is 16.1. The van der Waals surface area contributed by atoms with Crippen LogP contribution >= 0.6 is 0 Å². The van der Waals surface area contributed by atoms with Crippen LogP contribution in [0.25, 0.3) is 0 Å². The summed E-state index contributed by atoms with van der Waals surface area (Å²) in [5.41, 5.74) is 1.71. The zero-order valence-corrected chi connectivity index (χ0v) is 15.3. The van der Waals surface area contributed by atoms with E-state index < -0.39 is 0 Å². The van der Waals surface area contributed by atoms with Gasteiger partial charge in [-0.15, -0.1) is 0 Å². The number of para-hydroxylation sites is 1. The summed E-state index contributed by atoms with van der Waals surface area (Å²) in [7, 11) is 0. The molecule has 0 amide bonds. The van der Waals surface area contributed by atoms with Gasteiger partial charge in [-0.05, 0) is 25.1 Å². The Kier molecular flexibility index (Phi) is 5.43. The summed E-state index contributed by atoms with van der Waals surface area (Å²) in [6.45, 7) is 7.09. The molecule has 1 aromatic heterocycles. The molecular weight excluding hydrogens is 346 g/mol. The topological polar surface area (TPSA) is 82.7 Å². The molecule has 0 radical (unpaired) electrons. The van der Waals surface area contributed by atoms with E-state index in [2.05, 4.69) is 31.4 Å². The maximum Gasteiger partial charge on any atom is 0.266 e. The van der Waals surface area contributed by atoms with Crippen LogP contribution in [0.2, 0.25) is 0 Å². The number of piperazine rings is 1. The first kappa shape index (κ1) is 17.7. The van der Waals surface area contributed by atoms with Crippen LogP contribution in [-0.2, 0) is 0 Å². The van der Waals surface area contributed by atoms with Gasteiger partial charge < -0.3 is 19.7 Å². The molecule has 3 heterocycles. The lowest BCUT2D eigenvalue weighted by molar-refractivity contribution is 0.171. The van der Waals surface area contributed by atoms with Gasteiger partial charge in [-0.1, -0.05) is 6.07 Å². The zero-order chi connectivity index (χ0) is 18.5. The molecule has 1 aromatic carbocycles. The Morgan fingerprint density at radius 2 is 2.00 bits per heavy atom. The Morgan fingerprint density at radius 3 is 2.85 bits per heavy atom. The molecule has 0 aliphatic carbocycles. The number of benzene rings is 1. The molecule has 1 fully saturated rings. The Labute approximate surface area is 158 Å². The predicted octanol–water partition coefficient (Wildman–Crippen LogP) is 1.17. The Morgan fingerprint density at radius 1 is 1.15 bits per heavy atom. The number of nitrogens with zero attached hydrogens (tertiary/aromatic N) is 3. The van der Waals surface area contributed by atoms with Crippen molar-refractivity contribution >= 4 is 11.4 Å². The molecule has 8 heteroatoms. The lowest BCUT2D eigenvalue weighted by Crippen LogP contribution is -2.47. The first-order valence-corrected chi connectivity index (χ1v) is 9.44. The molecule has 1 saturated heterocycles. The minimum Gasteiger partial charge on any atom is -0.486 e. The van der Waals surface area contributed by atoms with E-state index in [1.807, 2.05) is 12.1 Å². The standard InChI is InChI=1S/C19H25N5O3/c25-18-13-15(14-21-22-18)20-5-2-6-23-7-9-24(10-8-23)16-3-1-4-17-19(16)27-12-11-26-17/h1,3-4,13-14H,2,5-12H2,(H2,20,22,25). The molecule has 8 nitrogen and oxygen atoms in total. The van der Waals surface area contributed by atoms with E-state index in [4.69, 9.17) is 9.47 Å². The average Bonchev–Trinajstić information content (AvgIpc) is 2.71. The van der Waals surface area contributed by atoms with Crippen molar-refractivity contribution in [3.63, 3.8) is 0 Å². The van der Waals surface area contributed by atoms with E-state index in [0.29, 0.717) is 13.2 Å². The number of anilines is 2. The molecule has 2 aromatic rings. The molecule has 2 aliphatic heterocycles. The molecule has 0 spiro atoms. The highest BCUT2D eigenvalue weighted by Gasteiger charge is 2.23. The Balaban J connectivity index is 1.23. The van der Waals surface area contributed by atoms with Gasteiger partial charge in [0.1, 0.15) is 13.2 Å². The molecule has 0 unspecified atom stereocenters. The fourth-order valence-electron chi connectivity index (χ4n) is 3.53. The van der Waals surface area contributed by atoms with Gasteiger partial charge in [-0.25, -0.2) is 5.10 Å². The lowest BCUT2D eigenvalue weighted by atomic mass is 10.2. The van der Waals surface area contributed by atoms with Gasteiger partial charge in [-0.2, -0.15) is 5.10 Å². The van der Waals surface area contributed by atoms with Crippen molar-refractivity contribution in [3.05, 3.63) is 40.8 Å². The Bertz CT molecular complexity index is 817. The largest absolute Gasteiger partial charge is 0.486 e. The summed E-state index contributed by atoms with van der Waals surface area (Å²) in [6.07, 6.45) is 2.65. The number of fused-ring (bicyclic) bond motifs is 1. The van der Waals surface area contributed by atoms with Crippen LogP contribution in [0.1, 0.15) is 6.42 Å². The molecule has 144 valence electrons. The van der Waals surface area contributed by atoms with Gasteiger partial charge in [0.25, 0.3) is 5.56 Å². The number of ether oxygens (including phenoxy) is 2. The molecule has 27 heavy (non-hydrogen) atoms. The maximum absolute atomic E-state index is 11.2. The molecule has 0 saturated carbocycles. The van der Waals surface area contributed by atoms with E-state index in [-0.39, 0.29) is 5.56 Å². The molecule has 0 atom stereocenters. The fourth-order valence-corrected chi connectivity index (χ4v) is 3.53. The van der Waals surface area contributed by atoms with Crippen LogP contribution in [0.4, 0.5) is 11.4 Å².